The molecule has 0 N–H and O–H groups in total. The molecule has 6 heteroatoms. The van der Waals surface area contributed by atoms with Crippen molar-refractivity contribution >= 4 is 11.8 Å². The molecule has 2 aliphatic rings. The molecule has 0 aromatic heterocycles. The topological polar surface area (TPSA) is 46.2 Å². The lowest BCUT2D eigenvalue weighted by atomic mass is 9.98. The summed E-state index contributed by atoms with van der Waals surface area (Å²) in [5, 5.41) is 0. The van der Waals surface area contributed by atoms with Gasteiger partial charge in [-0.2, -0.15) is 0 Å². The third-order valence-electron chi connectivity index (χ3n) is 6.26. The molecule has 0 amide bonds. The van der Waals surface area contributed by atoms with E-state index in [2.05, 4.69) is 31.2 Å². The predicted molar refractivity (Wildman–Crippen MR) is 137 cm³/mol. The first-order chi connectivity index (χ1) is 17.3. The van der Waals surface area contributed by atoms with Crippen molar-refractivity contribution in [3.63, 3.8) is 0 Å². The minimum atomic E-state index is -0.464. The van der Waals surface area contributed by atoms with Gasteiger partial charge in [-0.25, -0.2) is 0 Å². The highest BCUT2D eigenvalue weighted by atomic mass is 32.2. The Hall–Kier alpha value is -2.19. The molecule has 2 saturated heterocycles. The molecule has 35 heavy (non-hydrogen) atoms. The van der Waals surface area contributed by atoms with E-state index in [1.807, 2.05) is 66.7 Å². The Bertz CT molecular complexity index is 1020. The molecule has 0 aliphatic carbocycles. The number of benzene rings is 3. The van der Waals surface area contributed by atoms with E-state index in [4.69, 9.17) is 23.7 Å². The normalized spacial score (nSPS) is 28.4. The van der Waals surface area contributed by atoms with Crippen LogP contribution in [0.1, 0.15) is 29.9 Å². The van der Waals surface area contributed by atoms with Gasteiger partial charge in [0.25, 0.3) is 0 Å². The van der Waals surface area contributed by atoms with Gasteiger partial charge in [-0.1, -0.05) is 97.9 Å². The Morgan fingerprint density at radius 1 is 0.743 bits per heavy atom. The fraction of sp³-hybridized carbons (Fsp3) is 0.379. The molecular weight excluding hydrogens is 460 g/mol. The molecule has 2 aliphatic heterocycles. The molecule has 6 atom stereocenters. The first kappa shape index (κ1) is 24.5. The average molecular weight is 493 g/mol. The molecule has 5 nitrogen and oxygen atoms in total. The summed E-state index contributed by atoms with van der Waals surface area (Å²) in [5.41, 5.74) is 3.04. The summed E-state index contributed by atoms with van der Waals surface area (Å²) in [6.07, 6.45) is -1.60. The van der Waals surface area contributed by atoms with E-state index >= 15 is 0 Å². The van der Waals surface area contributed by atoms with Crippen molar-refractivity contribution < 1.29 is 23.7 Å². The lowest BCUT2D eigenvalue weighted by molar-refractivity contribution is -0.329. The maximum Gasteiger partial charge on any atom is 0.184 e. The molecule has 5 rings (SSSR count). The highest BCUT2D eigenvalue weighted by Crippen LogP contribution is 2.39. The molecule has 184 valence electrons. The summed E-state index contributed by atoms with van der Waals surface area (Å²) in [6.45, 7) is 3.54. The van der Waals surface area contributed by atoms with Crippen LogP contribution in [0.4, 0.5) is 0 Å². The van der Waals surface area contributed by atoms with Crippen LogP contribution >= 0.6 is 11.8 Å². The zero-order valence-corrected chi connectivity index (χ0v) is 20.7. The molecule has 2 fully saturated rings. The van der Waals surface area contributed by atoms with E-state index in [-0.39, 0.29) is 29.9 Å². The largest absolute Gasteiger partial charge is 0.368 e. The van der Waals surface area contributed by atoms with Crippen molar-refractivity contribution in [1.29, 1.82) is 0 Å². The van der Waals surface area contributed by atoms with Gasteiger partial charge in [0.2, 0.25) is 0 Å². The Morgan fingerprint density at radius 2 is 1.31 bits per heavy atom. The van der Waals surface area contributed by atoms with Gasteiger partial charge < -0.3 is 23.7 Å². The Labute approximate surface area is 211 Å². The fourth-order valence-electron chi connectivity index (χ4n) is 4.52. The monoisotopic (exact) mass is 492 g/mol. The highest BCUT2D eigenvalue weighted by Gasteiger charge is 2.51. The van der Waals surface area contributed by atoms with Crippen molar-refractivity contribution in [2.75, 3.05) is 12.4 Å². The smallest absolute Gasteiger partial charge is 0.184 e. The summed E-state index contributed by atoms with van der Waals surface area (Å²) < 4.78 is 32.2. The van der Waals surface area contributed by atoms with Crippen molar-refractivity contribution in [3.8, 4) is 0 Å². The van der Waals surface area contributed by atoms with E-state index in [1.165, 1.54) is 0 Å². The predicted octanol–water partition coefficient (Wildman–Crippen LogP) is 5.75. The second kappa shape index (κ2) is 12.2. The molecular formula is C29H32O5S. The Balaban J connectivity index is 1.40. The van der Waals surface area contributed by atoms with Gasteiger partial charge in [-0.05, 0) is 16.9 Å². The number of fused-ring (bicyclic) bond motifs is 1. The summed E-state index contributed by atoms with van der Waals surface area (Å²) >= 11 is 1.74. The van der Waals surface area contributed by atoms with E-state index in [9.17, 15) is 0 Å². The third-order valence-corrected chi connectivity index (χ3v) is 7.30. The average Bonchev–Trinajstić information content (AvgIpc) is 2.92. The van der Waals surface area contributed by atoms with Crippen LogP contribution in [0.2, 0.25) is 0 Å². The van der Waals surface area contributed by atoms with E-state index < -0.39 is 6.29 Å². The van der Waals surface area contributed by atoms with Crippen molar-refractivity contribution in [1.82, 2.24) is 0 Å². The zero-order chi connectivity index (χ0) is 23.9. The molecule has 0 radical (unpaired) electrons. The van der Waals surface area contributed by atoms with Gasteiger partial charge >= 0.3 is 0 Å². The second-order valence-electron chi connectivity index (χ2n) is 8.70. The van der Waals surface area contributed by atoms with Crippen LogP contribution in [0.25, 0.3) is 0 Å². The lowest BCUT2D eigenvalue weighted by Crippen LogP contribution is -2.62. The molecule has 2 unspecified atom stereocenters. The van der Waals surface area contributed by atoms with Gasteiger partial charge in [0.05, 0.1) is 19.8 Å². The number of ether oxygens (including phenoxy) is 5. The van der Waals surface area contributed by atoms with Crippen molar-refractivity contribution in [3.05, 3.63) is 108 Å². The van der Waals surface area contributed by atoms with Crippen LogP contribution in [0, 0.1) is 0 Å². The SMILES string of the molecule is CCS[C@H]1O[C@H]2COC(c3ccccc3)O[C@H]2C(OCc2ccccc2)[C@@H]1OCc1ccccc1. The number of hydrogen-bond acceptors (Lipinski definition) is 6. The quantitative estimate of drug-likeness (QED) is 0.379. The van der Waals surface area contributed by atoms with E-state index in [0.29, 0.717) is 19.8 Å². The Kier molecular flexibility index (Phi) is 8.52. The summed E-state index contributed by atoms with van der Waals surface area (Å²) in [7, 11) is 0. The van der Waals surface area contributed by atoms with E-state index in [1.54, 1.807) is 11.8 Å². The first-order valence-electron chi connectivity index (χ1n) is 12.2. The van der Waals surface area contributed by atoms with Crippen molar-refractivity contribution in [2.24, 2.45) is 0 Å². The van der Waals surface area contributed by atoms with Crippen LogP contribution in [0.5, 0.6) is 0 Å². The fourth-order valence-corrected chi connectivity index (χ4v) is 5.50. The van der Waals surface area contributed by atoms with Gasteiger partial charge in [0.15, 0.2) is 6.29 Å². The van der Waals surface area contributed by atoms with Gasteiger partial charge in [-0.15, -0.1) is 11.8 Å². The molecule has 0 spiro atoms. The van der Waals surface area contributed by atoms with Crippen LogP contribution in [-0.4, -0.2) is 42.2 Å². The summed E-state index contributed by atoms with van der Waals surface area (Å²) in [4.78, 5) is 0. The van der Waals surface area contributed by atoms with Gasteiger partial charge in [0.1, 0.15) is 29.9 Å². The zero-order valence-electron chi connectivity index (χ0n) is 19.9. The van der Waals surface area contributed by atoms with Crippen LogP contribution < -0.4 is 0 Å². The van der Waals surface area contributed by atoms with Crippen molar-refractivity contribution in [2.45, 2.75) is 56.3 Å². The van der Waals surface area contributed by atoms with Crippen LogP contribution in [-0.2, 0) is 36.9 Å². The molecule has 0 bridgehead atoms. The third kappa shape index (κ3) is 6.15. The van der Waals surface area contributed by atoms with Crippen LogP contribution in [0.15, 0.2) is 91.0 Å². The second-order valence-corrected chi connectivity index (χ2v) is 10.1. The maximum absolute atomic E-state index is 6.60. The molecule has 0 saturated carbocycles. The Morgan fingerprint density at radius 3 is 1.91 bits per heavy atom. The highest BCUT2D eigenvalue weighted by molar-refractivity contribution is 7.99. The number of rotatable bonds is 9. The maximum atomic E-state index is 6.60. The number of thioether (sulfide) groups is 1. The van der Waals surface area contributed by atoms with Gasteiger partial charge in [-0.3, -0.25) is 0 Å². The van der Waals surface area contributed by atoms with E-state index in [0.717, 1.165) is 22.4 Å². The summed E-state index contributed by atoms with van der Waals surface area (Å²) in [6, 6.07) is 30.5. The standard InChI is InChI=1S/C29H32O5S/c1-2-35-29-27(31-19-22-14-8-4-9-15-22)26(30-18-21-12-6-3-7-13-21)25-24(33-29)20-32-28(34-25)23-16-10-5-11-17-23/h3-17,24-29H,2,18-20H2,1H3/t24-,25+,26?,27-,28?,29+/m0/s1. The minimum absolute atomic E-state index is 0.175. The number of hydrogen-bond donors (Lipinski definition) is 0. The van der Waals surface area contributed by atoms with Crippen LogP contribution in [0.3, 0.4) is 0 Å². The summed E-state index contributed by atoms with van der Waals surface area (Å²) in [5.74, 6) is 0.910. The minimum Gasteiger partial charge on any atom is -0.368 e. The molecule has 2 heterocycles. The molecule has 3 aromatic rings. The lowest BCUT2D eigenvalue weighted by Gasteiger charge is -2.49. The van der Waals surface area contributed by atoms with Gasteiger partial charge in [0, 0.05) is 5.56 Å². The first-order valence-corrected chi connectivity index (χ1v) is 13.3. The molecule has 3 aromatic carbocycles.